The Morgan fingerprint density at radius 2 is 1.91 bits per heavy atom. The maximum absolute atomic E-state index is 10.3. The van der Waals surface area contributed by atoms with Crippen molar-refractivity contribution in [1.82, 2.24) is 4.90 Å². The van der Waals surface area contributed by atoms with Crippen LogP contribution in [0.3, 0.4) is 0 Å². The molecule has 0 saturated carbocycles. The van der Waals surface area contributed by atoms with E-state index in [1.54, 1.807) is 0 Å². The van der Waals surface area contributed by atoms with E-state index in [0.717, 1.165) is 37.2 Å². The minimum atomic E-state index is -0.265. The van der Waals surface area contributed by atoms with Crippen LogP contribution in [-0.4, -0.2) is 49.5 Å². The first-order chi connectivity index (χ1) is 10.5. The second-order valence-corrected chi connectivity index (χ2v) is 5.95. The monoisotopic (exact) mass is 308 g/mol. The summed E-state index contributed by atoms with van der Waals surface area (Å²) in [5.41, 5.74) is 7.75. The molecule has 0 aliphatic carbocycles. The predicted octanol–water partition coefficient (Wildman–Crippen LogP) is 1.92. The molecule has 22 heavy (non-hydrogen) atoms. The van der Waals surface area contributed by atoms with E-state index in [-0.39, 0.29) is 12.0 Å². The molecule has 2 rings (SSSR count). The lowest BCUT2D eigenvalue weighted by Gasteiger charge is -2.34. The fourth-order valence-corrected chi connectivity index (χ4v) is 3.04. The molecule has 0 spiro atoms. The van der Waals surface area contributed by atoms with Gasteiger partial charge in [0.1, 0.15) is 11.5 Å². The molecular formula is C17H28N2O3. The van der Waals surface area contributed by atoms with Crippen molar-refractivity contribution in [2.45, 2.75) is 32.8 Å². The number of likely N-dealkylation sites (tertiary alicyclic amines) is 1. The fourth-order valence-electron chi connectivity index (χ4n) is 3.04. The van der Waals surface area contributed by atoms with Crippen LogP contribution in [-0.2, 0) is 6.42 Å². The van der Waals surface area contributed by atoms with Crippen molar-refractivity contribution in [2.24, 2.45) is 5.92 Å². The lowest BCUT2D eigenvalue weighted by Crippen LogP contribution is -2.42. The molecule has 1 aromatic rings. The molecule has 1 aliphatic heterocycles. The van der Waals surface area contributed by atoms with Gasteiger partial charge in [-0.05, 0) is 45.4 Å². The summed E-state index contributed by atoms with van der Waals surface area (Å²) in [5.74, 6) is 1.67. The lowest BCUT2D eigenvalue weighted by molar-refractivity contribution is 0.0363. The highest BCUT2D eigenvalue weighted by atomic mass is 16.5. The van der Waals surface area contributed by atoms with Crippen LogP contribution < -0.4 is 15.2 Å². The number of nitrogen functional groups attached to an aromatic ring is 1. The minimum Gasteiger partial charge on any atom is -0.493 e. The molecule has 1 fully saturated rings. The van der Waals surface area contributed by atoms with Crippen molar-refractivity contribution in [3.63, 3.8) is 0 Å². The average molecular weight is 308 g/mol. The molecule has 5 heteroatoms. The zero-order valence-electron chi connectivity index (χ0n) is 13.8. The van der Waals surface area contributed by atoms with E-state index in [1.807, 2.05) is 26.0 Å². The number of hydrogen-bond donors (Lipinski definition) is 2. The smallest absolute Gasteiger partial charge is 0.145 e. The first-order valence-electron chi connectivity index (χ1n) is 8.09. The van der Waals surface area contributed by atoms with Gasteiger partial charge in [-0.1, -0.05) is 0 Å². The lowest BCUT2D eigenvalue weighted by atomic mass is 9.88. The van der Waals surface area contributed by atoms with Crippen molar-refractivity contribution in [3.05, 3.63) is 17.7 Å². The van der Waals surface area contributed by atoms with E-state index >= 15 is 0 Å². The highest BCUT2D eigenvalue weighted by Gasteiger charge is 2.27. The Labute approximate surface area is 133 Å². The number of ether oxygens (including phenoxy) is 2. The van der Waals surface area contributed by atoms with Gasteiger partial charge in [0.15, 0.2) is 0 Å². The van der Waals surface area contributed by atoms with Gasteiger partial charge in [-0.2, -0.15) is 0 Å². The van der Waals surface area contributed by atoms with Crippen LogP contribution in [0.25, 0.3) is 0 Å². The molecule has 2 atom stereocenters. The van der Waals surface area contributed by atoms with Crippen LogP contribution in [0.1, 0.15) is 25.8 Å². The number of anilines is 1. The first-order valence-corrected chi connectivity index (χ1v) is 8.09. The Bertz CT molecular complexity index is 493. The number of aliphatic hydroxyl groups is 1. The van der Waals surface area contributed by atoms with Crippen molar-refractivity contribution >= 4 is 5.69 Å². The molecule has 0 radical (unpaired) electrons. The summed E-state index contributed by atoms with van der Waals surface area (Å²) in [6, 6.07) is 3.80. The molecule has 5 nitrogen and oxygen atoms in total. The van der Waals surface area contributed by atoms with E-state index in [9.17, 15) is 5.11 Å². The third-order valence-electron chi connectivity index (χ3n) is 4.17. The third kappa shape index (κ3) is 4.05. The quantitative estimate of drug-likeness (QED) is 0.786. The Morgan fingerprint density at radius 1 is 1.23 bits per heavy atom. The Balaban J connectivity index is 2.22. The molecule has 1 aliphatic rings. The minimum absolute atomic E-state index is 0.204. The van der Waals surface area contributed by atoms with Gasteiger partial charge >= 0.3 is 0 Å². The van der Waals surface area contributed by atoms with Gasteiger partial charge in [0.25, 0.3) is 0 Å². The number of nitrogens with zero attached hydrogens (tertiary/aromatic N) is 1. The maximum Gasteiger partial charge on any atom is 0.145 e. The molecule has 1 saturated heterocycles. The fraction of sp³-hybridized carbons (Fsp3) is 0.647. The topological polar surface area (TPSA) is 68.0 Å². The van der Waals surface area contributed by atoms with Gasteiger partial charge in [-0.25, -0.2) is 0 Å². The van der Waals surface area contributed by atoms with Crippen molar-refractivity contribution < 1.29 is 14.6 Å². The molecule has 124 valence electrons. The van der Waals surface area contributed by atoms with E-state index < -0.39 is 0 Å². The summed E-state index contributed by atoms with van der Waals surface area (Å²) in [5, 5.41) is 10.3. The average Bonchev–Trinajstić information content (AvgIpc) is 2.48. The van der Waals surface area contributed by atoms with Gasteiger partial charge in [-0.3, -0.25) is 0 Å². The standard InChI is InChI=1S/C17H28N2O3/c1-4-21-16-10-17(22-5-2)14(18)9-12(16)8-13-11-19(3)7-6-15(13)20/h9-10,13,15,20H,4-8,11,18H2,1-3H3. The Morgan fingerprint density at radius 3 is 2.59 bits per heavy atom. The first kappa shape index (κ1) is 16.9. The molecule has 1 aromatic carbocycles. The third-order valence-corrected chi connectivity index (χ3v) is 4.17. The number of benzene rings is 1. The summed E-state index contributed by atoms with van der Waals surface area (Å²) < 4.78 is 11.3. The SMILES string of the molecule is CCOc1cc(OCC)c(CC2CN(C)CCC2O)cc1N. The largest absolute Gasteiger partial charge is 0.493 e. The highest BCUT2D eigenvalue weighted by Crippen LogP contribution is 2.34. The zero-order chi connectivity index (χ0) is 16.1. The molecular weight excluding hydrogens is 280 g/mol. The number of nitrogens with two attached hydrogens (primary N) is 1. The maximum atomic E-state index is 10.3. The summed E-state index contributed by atoms with van der Waals surface area (Å²) in [6.45, 7) is 6.89. The number of piperidine rings is 1. The van der Waals surface area contributed by atoms with E-state index in [0.29, 0.717) is 24.7 Å². The van der Waals surface area contributed by atoms with Crippen LogP contribution in [0.4, 0.5) is 5.69 Å². The Kier molecular flexibility index (Phi) is 5.91. The summed E-state index contributed by atoms with van der Waals surface area (Å²) >= 11 is 0. The molecule has 3 N–H and O–H groups in total. The normalized spacial score (nSPS) is 22.5. The van der Waals surface area contributed by atoms with Gasteiger partial charge in [0, 0.05) is 25.1 Å². The predicted molar refractivity (Wildman–Crippen MR) is 88.5 cm³/mol. The summed E-state index contributed by atoms with van der Waals surface area (Å²) in [4.78, 5) is 2.26. The molecule has 2 unspecified atom stereocenters. The van der Waals surface area contributed by atoms with Gasteiger partial charge in [-0.15, -0.1) is 0 Å². The highest BCUT2D eigenvalue weighted by molar-refractivity contribution is 5.59. The molecule has 0 amide bonds. The van der Waals surface area contributed by atoms with Gasteiger partial charge in [0.2, 0.25) is 0 Å². The van der Waals surface area contributed by atoms with Crippen molar-refractivity contribution in [2.75, 3.05) is 39.1 Å². The number of aliphatic hydroxyl groups excluding tert-OH is 1. The zero-order valence-corrected chi connectivity index (χ0v) is 13.8. The van der Waals surface area contributed by atoms with Crippen LogP contribution in [0.15, 0.2) is 12.1 Å². The van der Waals surface area contributed by atoms with E-state index in [1.165, 1.54) is 0 Å². The molecule has 0 aromatic heterocycles. The number of rotatable bonds is 6. The Hall–Kier alpha value is -1.46. The summed E-state index contributed by atoms with van der Waals surface area (Å²) in [6.07, 6.45) is 1.31. The van der Waals surface area contributed by atoms with Gasteiger partial charge < -0.3 is 25.2 Å². The van der Waals surface area contributed by atoms with Crippen LogP contribution in [0.5, 0.6) is 11.5 Å². The van der Waals surface area contributed by atoms with Crippen LogP contribution >= 0.6 is 0 Å². The second kappa shape index (κ2) is 7.70. The molecule has 1 heterocycles. The van der Waals surface area contributed by atoms with E-state index in [4.69, 9.17) is 15.2 Å². The van der Waals surface area contributed by atoms with Crippen molar-refractivity contribution in [1.29, 1.82) is 0 Å². The van der Waals surface area contributed by atoms with Crippen LogP contribution in [0.2, 0.25) is 0 Å². The van der Waals surface area contributed by atoms with Crippen LogP contribution in [0, 0.1) is 5.92 Å². The molecule has 0 bridgehead atoms. The summed E-state index contributed by atoms with van der Waals surface area (Å²) in [7, 11) is 2.09. The van der Waals surface area contributed by atoms with E-state index in [2.05, 4.69) is 11.9 Å². The second-order valence-electron chi connectivity index (χ2n) is 5.95. The number of hydrogen-bond acceptors (Lipinski definition) is 5. The van der Waals surface area contributed by atoms with Gasteiger partial charge in [0.05, 0.1) is 25.0 Å². The van der Waals surface area contributed by atoms with Crippen molar-refractivity contribution in [3.8, 4) is 11.5 Å².